The van der Waals surface area contributed by atoms with Gasteiger partial charge in [-0.25, -0.2) is 4.52 Å². The topological polar surface area (TPSA) is 48.7 Å². The first kappa shape index (κ1) is 14.5. The molecule has 4 rings (SSSR count). The van der Waals surface area contributed by atoms with Gasteiger partial charge >= 0.3 is 0 Å². The zero-order valence-electron chi connectivity index (χ0n) is 13.6. The van der Waals surface area contributed by atoms with Gasteiger partial charge < -0.3 is 9.47 Å². The molecular formula is C19H17N3O2. The van der Waals surface area contributed by atoms with Gasteiger partial charge in [-0.15, -0.1) is 0 Å². The molecule has 0 atom stereocenters. The third-order valence-corrected chi connectivity index (χ3v) is 3.75. The molecule has 2 aromatic carbocycles. The van der Waals surface area contributed by atoms with Crippen LogP contribution in [0.15, 0.2) is 54.6 Å². The number of hydrogen-bond donors (Lipinski definition) is 0. The molecular weight excluding hydrogens is 302 g/mol. The molecule has 0 fully saturated rings. The molecule has 120 valence electrons. The molecule has 4 aromatic rings. The number of para-hydroxylation sites is 3. The van der Waals surface area contributed by atoms with Crippen LogP contribution in [0.25, 0.3) is 16.6 Å². The fraction of sp³-hybridized carbons (Fsp3) is 0.158. The van der Waals surface area contributed by atoms with E-state index in [2.05, 4.69) is 10.1 Å². The van der Waals surface area contributed by atoms with Crippen molar-refractivity contribution in [1.82, 2.24) is 14.6 Å². The normalized spacial score (nSPS) is 11.1. The van der Waals surface area contributed by atoms with Gasteiger partial charge in [0.25, 0.3) is 0 Å². The Morgan fingerprint density at radius 2 is 1.75 bits per heavy atom. The molecule has 0 aliphatic rings. The first-order valence-corrected chi connectivity index (χ1v) is 7.91. The first-order valence-electron chi connectivity index (χ1n) is 7.91. The lowest BCUT2D eigenvalue weighted by atomic mass is 10.2. The Balaban J connectivity index is 1.90. The van der Waals surface area contributed by atoms with Crippen molar-refractivity contribution in [3.8, 4) is 17.4 Å². The van der Waals surface area contributed by atoms with Crippen LogP contribution in [0.3, 0.4) is 0 Å². The first-order chi connectivity index (χ1) is 11.8. The third-order valence-electron chi connectivity index (χ3n) is 3.75. The molecule has 5 heteroatoms. The predicted molar refractivity (Wildman–Crippen MR) is 92.9 cm³/mol. The summed E-state index contributed by atoms with van der Waals surface area (Å²) in [5.74, 6) is 1.90. The highest BCUT2D eigenvalue weighted by Gasteiger charge is 2.13. The molecule has 2 aromatic heterocycles. The SMILES string of the molecule is CCOc1ccccc1Oc1nc2cc(C)nn2c2ccccc12. The zero-order valence-corrected chi connectivity index (χ0v) is 13.6. The molecule has 0 spiro atoms. The van der Waals surface area contributed by atoms with Crippen LogP contribution in [0.4, 0.5) is 0 Å². The smallest absolute Gasteiger partial charge is 0.230 e. The highest BCUT2D eigenvalue weighted by molar-refractivity contribution is 5.86. The van der Waals surface area contributed by atoms with Gasteiger partial charge in [-0.3, -0.25) is 0 Å². The van der Waals surface area contributed by atoms with Crippen LogP contribution in [-0.2, 0) is 0 Å². The second-order valence-electron chi connectivity index (χ2n) is 5.47. The van der Waals surface area contributed by atoms with Crippen molar-refractivity contribution in [2.24, 2.45) is 0 Å². The van der Waals surface area contributed by atoms with Crippen molar-refractivity contribution in [2.45, 2.75) is 13.8 Å². The van der Waals surface area contributed by atoms with Crippen LogP contribution in [0.5, 0.6) is 17.4 Å². The van der Waals surface area contributed by atoms with Crippen LogP contribution in [0, 0.1) is 6.92 Å². The summed E-state index contributed by atoms with van der Waals surface area (Å²) in [4.78, 5) is 4.64. The number of fused-ring (bicyclic) bond motifs is 3. The van der Waals surface area contributed by atoms with E-state index in [1.165, 1.54) is 0 Å². The number of aryl methyl sites for hydroxylation is 1. The Morgan fingerprint density at radius 1 is 1.00 bits per heavy atom. The predicted octanol–water partition coefficient (Wildman–Crippen LogP) is 4.38. The fourth-order valence-corrected chi connectivity index (χ4v) is 2.74. The lowest BCUT2D eigenvalue weighted by molar-refractivity contribution is 0.320. The summed E-state index contributed by atoms with van der Waals surface area (Å²) in [6.45, 7) is 4.48. The largest absolute Gasteiger partial charge is 0.490 e. The summed E-state index contributed by atoms with van der Waals surface area (Å²) < 4.78 is 13.6. The minimum Gasteiger partial charge on any atom is -0.490 e. The van der Waals surface area contributed by atoms with Gasteiger partial charge in [-0.05, 0) is 38.1 Å². The lowest BCUT2D eigenvalue weighted by Gasteiger charge is -2.12. The summed E-state index contributed by atoms with van der Waals surface area (Å²) in [5, 5.41) is 5.41. The third kappa shape index (κ3) is 2.44. The number of benzene rings is 2. The molecule has 2 heterocycles. The van der Waals surface area contributed by atoms with E-state index in [4.69, 9.17) is 9.47 Å². The number of ether oxygens (including phenoxy) is 2. The van der Waals surface area contributed by atoms with E-state index in [1.807, 2.05) is 73.0 Å². The molecule has 0 bridgehead atoms. The van der Waals surface area contributed by atoms with Crippen molar-refractivity contribution in [3.63, 3.8) is 0 Å². The molecule has 0 radical (unpaired) electrons. The summed E-state index contributed by atoms with van der Waals surface area (Å²) >= 11 is 0. The lowest BCUT2D eigenvalue weighted by Crippen LogP contribution is -1.99. The van der Waals surface area contributed by atoms with Crippen LogP contribution in [0.2, 0.25) is 0 Å². The minimum absolute atomic E-state index is 0.546. The number of nitrogens with zero attached hydrogens (tertiary/aromatic N) is 3. The quantitative estimate of drug-likeness (QED) is 0.560. The maximum atomic E-state index is 6.12. The highest BCUT2D eigenvalue weighted by atomic mass is 16.5. The van der Waals surface area contributed by atoms with Gasteiger partial charge in [0, 0.05) is 6.07 Å². The van der Waals surface area contributed by atoms with Gasteiger partial charge in [0.15, 0.2) is 17.1 Å². The minimum atomic E-state index is 0.546. The maximum Gasteiger partial charge on any atom is 0.230 e. The van der Waals surface area contributed by atoms with Crippen LogP contribution >= 0.6 is 0 Å². The number of hydrogen-bond acceptors (Lipinski definition) is 4. The molecule has 0 N–H and O–H groups in total. The maximum absolute atomic E-state index is 6.12. The van der Waals surface area contributed by atoms with E-state index in [9.17, 15) is 0 Å². The molecule has 24 heavy (non-hydrogen) atoms. The van der Waals surface area contributed by atoms with Gasteiger partial charge in [0.05, 0.1) is 23.2 Å². The van der Waals surface area contributed by atoms with Gasteiger partial charge in [-0.2, -0.15) is 10.1 Å². The van der Waals surface area contributed by atoms with Crippen molar-refractivity contribution < 1.29 is 9.47 Å². The average molecular weight is 319 g/mol. The van der Waals surface area contributed by atoms with E-state index in [0.717, 1.165) is 22.2 Å². The Morgan fingerprint density at radius 3 is 2.58 bits per heavy atom. The van der Waals surface area contributed by atoms with Gasteiger partial charge in [0.1, 0.15) is 0 Å². The second-order valence-corrected chi connectivity index (χ2v) is 5.47. The highest BCUT2D eigenvalue weighted by Crippen LogP contribution is 2.34. The van der Waals surface area contributed by atoms with E-state index < -0.39 is 0 Å². The summed E-state index contributed by atoms with van der Waals surface area (Å²) in [7, 11) is 0. The number of rotatable bonds is 4. The van der Waals surface area contributed by atoms with Crippen molar-refractivity contribution >= 4 is 16.6 Å². The molecule has 0 aliphatic heterocycles. The number of aromatic nitrogens is 3. The standard InChI is InChI=1S/C19H17N3O2/c1-3-23-16-10-6-7-11-17(16)24-19-14-8-4-5-9-15(14)22-18(20-19)12-13(2)21-22/h4-12H,3H2,1-2H3. The van der Waals surface area contributed by atoms with Crippen LogP contribution in [0.1, 0.15) is 12.6 Å². The molecule has 0 aliphatic carbocycles. The summed E-state index contributed by atoms with van der Waals surface area (Å²) in [5.41, 5.74) is 2.63. The Kier molecular flexibility index (Phi) is 3.54. The summed E-state index contributed by atoms with van der Waals surface area (Å²) in [6, 6.07) is 17.5. The van der Waals surface area contributed by atoms with E-state index >= 15 is 0 Å². The zero-order chi connectivity index (χ0) is 16.5. The van der Waals surface area contributed by atoms with E-state index in [-0.39, 0.29) is 0 Å². The van der Waals surface area contributed by atoms with E-state index in [0.29, 0.717) is 24.0 Å². The fourth-order valence-electron chi connectivity index (χ4n) is 2.74. The molecule has 5 nitrogen and oxygen atoms in total. The van der Waals surface area contributed by atoms with Crippen LogP contribution < -0.4 is 9.47 Å². The average Bonchev–Trinajstić information content (AvgIpc) is 2.97. The molecule has 0 unspecified atom stereocenters. The van der Waals surface area contributed by atoms with E-state index in [1.54, 1.807) is 0 Å². The van der Waals surface area contributed by atoms with Crippen molar-refractivity contribution in [1.29, 1.82) is 0 Å². The van der Waals surface area contributed by atoms with Crippen molar-refractivity contribution in [3.05, 3.63) is 60.3 Å². The monoisotopic (exact) mass is 319 g/mol. The van der Waals surface area contributed by atoms with Crippen molar-refractivity contribution in [2.75, 3.05) is 6.61 Å². The van der Waals surface area contributed by atoms with Gasteiger partial charge in [0.2, 0.25) is 5.88 Å². The Labute approximate surface area is 139 Å². The Hall–Kier alpha value is -3.08. The molecule has 0 saturated carbocycles. The molecule has 0 saturated heterocycles. The summed E-state index contributed by atoms with van der Waals surface area (Å²) in [6.07, 6.45) is 0. The second kappa shape index (κ2) is 5.85. The molecule has 0 amide bonds. The van der Waals surface area contributed by atoms with Gasteiger partial charge in [-0.1, -0.05) is 24.3 Å². The van der Waals surface area contributed by atoms with Crippen LogP contribution in [-0.4, -0.2) is 21.2 Å². The Bertz CT molecular complexity index is 1020.